The van der Waals surface area contributed by atoms with Crippen LogP contribution in [0.25, 0.3) is 0 Å². The summed E-state index contributed by atoms with van der Waals surface area (Å²) in [5.74, 6) is 0. The summed E-state index contributed by atoms with van der Waals surface area (Å²) in [6.07, 6.45) is 5.11. The van der Waals surface area contributed by atoms with Crippen molar-refractivity contribution in [3.63, 3.8) is 0 Å². The SMILES string of the molecule is C1CCOC1.C1CCOC1.C[NH+](C)Cc1cccc(C[NH+](C)C)c1[S-].[I-].[Li+].[Li+]. The topological polar surface area (TPSA) is 27.3 Å². The van der Waals surface area contributed by atoms with Crippen LogP contribution in [0, 0.1) is 0 Å². The summed E-state index contributed by atoms with van der Waals surface area (Å²) in [7, 11) is 8.61. The Balaban J connectivity index is -0.000000397. The molecular formula is C20H37ILi2N2O2S+2. The van der Waals surface area contributed by atoms with Gasteiger partial charge in [-0.3, -0.25) is 0 Å². The van der Waals surface area contributed by atoms with Crippen LogP contribution in [0.15, 0.2) is 23.1 Å². The molecule has 2 aliphatic rings. The predicted octanol–water partition coefficient (Wildman–Crippen LogP) is -8.51. The van der Waals surface area contributed by atoms with Gasteiger partial charge in [-0.2, -0.15) is 4.90 Å². The second-order valence-electron chi connectivity index (χ2n) is 7.31. The number of quaternary nitrogens is 2. The minimum atomic E-state index is 0. The third-order valence-corrected chi connectivity index (χ3v) is 4.45. The number of hydrogen-bond donors (Lipinski definition) is 2. The number of rotatable bonds is 4. The first kappa shape index (κ1) is 33.8. The Morgan fingerprint density at radius 3 is 1.29 bits per heavy atom. The summed E-state index contributed by atoms with van der Waals surface area (Å²) in [5, 5.41) is 0. The van der Waals surface area contributed by atoms with Gasteiger partial charge in [-0.1, -0.05) is 18.2 Å². The van der Waals surface area contributed by atoms with E-state index < -0.39 is 0 Å². The summed E-state index contributed by atoms with van der Waals surface area (Å²) >= 11 is 5.50. The van der Waals surface area contributed by atoms with Crippen molar-refractivity contribution in [3.8, 4) is 0 Å². The van der Waals surface area contributed by atoms with E-state index >= 15 is 0 Å². The van der Waals surface area contributed by atoms with Crippen molar-refractivity contribution in [1.82, 2.24) is 0 Å². The number of benzene rings is 1. The van der Waals surface area contributed by atoms with Gasteiger partial charge in [0.2, 0.25) is 0 Å². The Kier molecular flexibility index (Phi) is 25.9. The molecule has 0 aliphatic carbocycles. The zero-order chi connectivity index (χ0) is 18.5. The molecule has 0 unspecified atom stereocenters. The number of hydrogen-bond acceptors (Lipinski definition) is 3. The van der Waals surface area contributed by atoms with E-state index in [0.29, 0.717) is 0 Å². The van der Waals surface area contributed by atoms with Crippen molar-refractivity contribution in [2.45, 2.75) is 43.7 Å². The Bertz CT molecular complexity index is 422. The minimum Gasteiger partial charge on any atom is -1.00 e. The van der Waals surface area contributed by atoms with E-state index in [9.17, 15) is 0 Å². The first-order valence-electron chi connectivity index (χ1n) is 9.52. The molecule has 1 aromatic carbocycles. The molecule has 3 rings (SSSR count). The van der Waals surface area contributed by atoms with Crippen LogP contribution in [0.2, 0.25) is 0 Å². The standard InChI is InChI=1S/C12H20N2S.2C4H8O.HI.2Li/c1-13(2)8-10-6-5-7-11(12(10)15)9-14(3)4;2*1-2-4-5-3-1;;;/h5-7,15H,8-9H2,1-4H3;2*1-4H2;1H;;/q;;;;2*+1. The zero-order valence-corrected chi connectivity index (χ0v) is 21.9. The van der Waals surface area contributed by atoms with E-state index in [1.54, 1.807) is 0 Å². The maximum absolute atomic E-state index is 5.50. The number of halogens is 1. The zero-order valence-electron chi connectivity index (χ0n) is 18.9. The molecule has 2 fully saturated rings. The first-order valence-corrected chi connectivity index (χ1v) is 9.93. The van der Waals surface area contributed by atoms with Crippen LogP contribution < -0.4 is 71.5 Å². The minimum absolute atomic E-state index is 0. The number of nitrogens with one attached hydrogen (secondary N) is 2. The van der Waals surface area contributed by atoms with Gasteiger partial charge in [0.05, 0.1) is 28.2 Å². The van der Waals surface area contributed by atoms with E-state index in [2.05, 4.69) is 46.4 Å². The molecule has 0 spiro atoms. The molecule has 2 N–H and O–H groups in total. The van der Waals surface area contributed by atoms with Gasteiger partial charge < -0.3 is 55.9 Å². The monoisotopic (exact) mass is 510 g/mol. The molecule has 1 aromatic rings. The van der Waals surface area contributed by atoms with E-state index in [-0.39, 0.29) is 61.7 Å². The third-order valence-electron chi connectivity index (χ3n) is 3.92. The molecule has 0 atom stereocenters. The largest absolute Gasteiger partial charge is 1.00 e. The molecule has 2 aliphatic heterocycles. The Hall–Kier alpha value is 1.20. The molecular weight excluding hydrogens is 473 g/mol. The average Bonchev–Trinajstić information content (AvgIpc) is 3.28. The van der Waals surface area contributed by atoms with Crippen LogP contribution in [0.5, 0.6) is 0 Å². The molecule has 2 saturated heterocycles. The van der Waals surface area contributed by atoms with Crippen molar-refractivity contribution >= 4 is 12.6 Å². The fourth-order valence-electron chi connectivity index (χ4n) is 2.70. The van der Waals surface area contributed by atoms with Gasteiger partial charge in [0.1, 0.15) is 13.1 Å². The van der Waals surface area contributed by atoms with Crippen molar-refractivity contribution < 1.29 is 81.0 Å². The van der Waals surface area contributed by atoms with Crippen LogP contribution in [0.3, 0.4) is 0 Å². The van der Waals surface area contributed by atoms with E-state index in [1.165, 1.54) is 46.6 Å². The van der Waals surface area contributed by atoms with E-state index in [1.807, 2.05) is 0 Å². The fraction of sp³-hybridized carbons (Fsp3) is 0.700. The normalized spacial score (nSPS) is 14.6. The Morgan fingerprint density at radius 1 is 0.750 bits per heavy atom. The smallest absolute Gasteiger partial charge is 1.00 e. The summed E-state index contributed by atoms with van der Waals surface area (Å²) in [6, 6.07) is 6.40. The molecule has 0 radical (unpaired) electrons. The van der Waals surface area contributed by atoms with Gasteiger partial charge in [-0.25, -0.2) is 0 Å². The summed E-state index contributed by atoms with van der Waals surface area (Å²) in [6.45, 7) is 6.02. The molecule has 0 aromatic heterocycles. The molecule has 8 heteroatoms. The second kappa shape index (κ2) is 21.4. The Morgan fingerprint density at radius 2 is 1.07 bits per heavy atom. The molecule has 4 nitrogen and oxygen atoms in total. The van der Waals surface area contributed by atoms with Gasteiger partial charge in [0, 0.05) is 26.4 Å². The van der Waals surface area contributed by atoms with Crippen molar-refractivity contribution in [1.29, 1.82) is 0 Å². The molecule has 28 heavy (non-hydrogen) atoms. The summed E-state index contributed by atoms with van der Waals surface area (Å²) < 4.78 is 9.89. The third kappa shape index (κ3) is 16.9. The van der Waals surface area contributed by atoms with Gasteiger partial charge in [-0.05, 0) is 36.8 Å². The maximum Gasteiger partial charge on any atom is 1.00 e. The van der Waals surface area contributed by atoms with Crippen LogP contribution in [-0.2, 0) is 35.2 Å². The van der Waals surface area contributed by atoms with Crippen LogP contribution >= 0.6 is 0 Å². The van der Waals surface area contributed by atoms with E-state index in [4.69, 9.17) is 22.1 Å². The summed E-state index contributed by atoms with van der Waals surface area (Å²) in [5.41, 5.74) is 2.59. The van der Waals surface area contributed by atoms with E-state index in [0.717, 1.165) is 44.4 Å². The van der Waals surface area contributed by atoms with Gasteiger partial charge in [0.25, 0.3) is 0 Å². The van der Waals surface area contributed by atoms with Gasteiger partial charge >= 0.3 is 37.7 Å². The van der Waals surface area contributed by atoms with Crippen molar-refractivity contribution in [2.24, 2.45) is 0 Å². The average molecular weight is 510 g/mol. The molecule has 0 bridgehead atoms. The molecule has 0 amide bonds. The van der Waals surface area contributed by atoms with Gasteiger partial charge in [-0.15, -0.1) is 0 Å². The maximum atomic E-state index is 5.50. The molecule has 0 saturated carbocycles. The van der Waals surface area contributed by atoms with Crippen molar-refractivity contribution in [2.75, 3.05) is 54.6 Å². The number of ether oxygens (including phenoxy) is 2. The fourth-order valence-corrected chi connectivity index (χ4v) is 2.98. The second-order valence-corrected chi connectivity index (χ2v) is 7.72. The van der Waals surface area contributed by atoms with Crippen LogP contribution in [-0.4, -0.2) is 54.6 Å². The quantitative estimate of drug-likeness (QED) is 0.240. The first-order chi connectivity index (χ1) is 12.0. The van der Waals surface area contributed by atoms with Gasteiger partial charge in [0.15, 0.2) is 0 Å². The summed E-state index contributed by atoms with van der Waals surface area (Å²) in [4.78, 5) is 3.88. The Labute approximate surface area is 219 Å². The van der Waals surface area contributed by atoms with Crippen molar-refractivity contribution in [3.05, 3.63) is 29.3 Å². The van der Waals surface area contributed by atoms with Crippen LogP contribution in [0.1, 0.15) is 36.8 Å². The predicted molar refractivity (Wildman–Crippen MR) is 105 cm³/mol. The molecule has 2 heterocycles. The molecule has 152 valence electrons. The van der Waals surface area contributed by atoms with Crippen LogP contribution in [0.4, 0.5) is 0 Å².